The Balaban J connectivity index is 1.39. The number of rotatable bonds is 6. The second-order valence-electron chi connectivity index (χ2n) is 9.22. The van der Waals surface area contributed by atoms with E-state index in [2.05, 4.69) is 21.1 Å². The Labute approximate surface area is 199 Å². The molecular weight excluding hydrogens is 436 g/mol. The summed E-state index contributed by atoms with van der Waals surface area (Å²) in [5.41, 5.74) is 0.328. The van der Waals surface area contributed by atoms with Crippen LogP contribution in [-0.4, -0.2) is 64.4 Å². The van der Waals surface area contributed by atoms with Crippen molar-refractivity contribution < 1.29 is 19.0 Å². The van der Waals surface area contributed by atoms with E-state index in [0.29, 0.717) is 18.7 Å². The minimum atomic E-state index is -1.21. The lowest BCUT2D eigenvalue weighted by atomic mass is 9.99. The Morgan fingerprint density at radius 3 is 2.79 bits per heavy atom. The summed E-state index contributed by atoms with van der Waals surface area (Å²) in [6.45, 7) is -0.164. The number of aromatic nitrogens is 3. The zero-order valence-electron chi connectivity index (χ0n) is 19.9. The van der Waals surface area contributed by atoms with E-state index in [4.69, 9.17) is 14.2 Å². The number of nitriles is 1. The van der Waals surface area contributed by atoms with E-state index in [1.54, 1.807) is 10.9 Å². The quantitative estimate of drug-likeness (QED) is 0.350. The molecule has 0 aromatic carbocycles. The van der Waals surface area contributed by atoms with Crippen molar-refractivity contribution in [2.75, 3.05) is 20.7 Å². The number of hydrogen-bond donors (Lipinski definition) is 0. The average Bonchev–Trinajstić information content (AvgIpc) is 3.43. The summed E-state index contributed by atoms with van der Waals surface area (Å²) in [5.74, 6) is 0.541. The number of hydrogen-bond acceptors (Lipinski definition) is 8. The van der Waals surface area contributed by atoms with Gasteiger partial charge in [0.1, 0.15) is 36.7 Å². The molecule has 10 nitrogen and oxygen atoms in total. The molecule has 3 heterocycles. The van der Waals surface area contributed by atoms with Crippen LogP contribution in [0.1, 0.15) is 69.6 Å². The third kappa shape index (κ3) is 5.65. The summed E-state index contributed by atoms with van der Waals surface area (Å²) in [4.78, 5) is 22.8. The summed E-state index contributed by atoms with van der Waals surface area (Å²) in [5, 5.41) is 14.2. The van der Waals surface area contributed by atoms with Gasteiger partial charge in [0.25, 0.3) is 0 Å². The Morgan fingerprint density at radius 1 is 1.29 bits per heavy atom. The SMILES string of the molecule is CN(C)C=Nc1ncnn2c(C3CCC(C#N)(COC(=O)OC4CCCCCCC4)O3)ccc12. The van der Waals surface area contributed by atoms with E-state index in [1.807, 2.05) is 31.1 Å². The molecule has 34 heavy (non-hydrogen) atoms. The molecule has 1 saturated heterocycles. The first-order chi connectivity index (χ1) is 16.5. The highest BCUT2D eigenvalue weighted by Crippen LogP contribution is 2.40. The van der Waals surface area contributed by atoms with Crippen LogP contribution in [0.15, 0.2) is 23.5 Å². The maximum Gasteiger partial charge on any atom is 0.508 e. The molecule has 2 fully saturated rings. The van der Waals surface area contributed by atoms with Crippen molar-refractivity contribution in [3.05, 3.63) is 24.2 Å². The van der Waals surface area contributed by atoms with Crippen molar-refractivity contribution in [1.82, 2.24) is 19.5 Å². The van der Waals surface area contributed by atoms with E-state index >= 15 is 0 Å². The smallest absolute Gasteiger partial charge is 0.431 e. The predicted octanol–water partition coefficient (Wildman–Crippen LogP) is 4.33. The van der Waals surface area contributed by atoms with Gasteiger partial charge < -0.3 is 19.1 Å². The Kier molecular flexibility index (Phi) is 7.63. The van der Waals surface area contributed by atoms with Crippen molar-refractivity contribution in [3.63, 3.8) is 0 Å². The van der Waals surface area contributed by atoms with Gasteiger partial charge in [0.2, 0.25) is 0 Å². The van der Waals surface area contributed by atoms with Gasteiger partial charge in [0.15, 0.2) is 11.4 Å². The maximum atomic E-state index is 12.3. The first-order valence-electron chi connectivity index (χ1n) is 12.0. The van der Waals surface area contributed by atoms with Crippen molar-refractivity contribution in [3.8, 4) is 6.07 Å². The Hall–Kier alpha value is -3.19. The van der Waals surface area contributed by atoms with Gasteiger partial charge in [0.05, 0.1) is 12.0 Å². The van der Waals surface area contributed by atoms with Crippen LogP contribution >= 0.6 is 0 Å². The molecule has 1 aliphatic heterocycles. The van der Waals surface area contributed by atoms with Gasteiger partial charge in [-0.05, 0) is 50.7 Å². The van der Waals surface area contributed by atoms with E-state index in [0.717, 1.165) is 36.9 Å². The molecule has 2 aromatic heterocycles. The number of carbonyl (C=O) groups excluding carboxylic acids is 1. The summed E-state index contributed by atoms with van der Waals surface area (Å²) >= 11 is 0. The highest BCUT2D eigenvalue weighted by Gasteiger charge is 2.43. The molecular formula is C24H32N6O4. The van der Waals surface area contributed by atoms with Crippen LogP contribution in [0.2, 0.25) is 0 Å². The molecule has 2 aromatic rings. The monoisotopic (exact) mass is 468 g/mol. The van der Waals surface area contributed by atoms with E-state index < -0.39 is 11.8 Å². The van der Waals surface area contributed by atoms with Gasteiger partial charge >= 0.3 is 6.16 Å². The van der Waals surface area contributed by atoms with E-state index in [9.17, 15) is 10.1 Å². The Bertz CT molecular complexity index is 1050. The lowest BCUT2D eigenvalue weighted by Crippen LogP contribution is -2.34. The van der Waals surface area contributed by atoms with Crippen LogP contribution in [0.25, 0.3) is 5.52 Å². The number of ether oxygens (including phenoxy) is 3. The number of fused-ring (bicyclic) bond motifs is 1. The zero-order chi connectivity index (χ0) is 24.0. The first-order valence-corrected chi connectivity index (χ1v) is 12.0. The molecule has 1 aliphatic carbocycles. The molecule has 2 aliphatic rings. The van der Waals surface area contributed by atoms with Gasteiger partial charge in [-0.3, -0.25) is 0 Å². The second-order valence-corrected chi connectivity index (χ2v) is 9.22. The third-order valence-corrected chi connectivity index (χ3v) is 6.32. The van der Waals surface area contributed by atoms with Crippen LogP contribution in [0.5, 0.6) is 0 Å². The molecule has 0 N–H and O–H groups in total. The van der Waals surface area contributed by atoms with Crippen molar-refractivity contribution in [1.29, 1.82) is 5.26 Å². The molecule has 182 valence electrons. The van der Waals surface area contributed by atoms with Crippen molar-refractivity contribution in [2.45, 2.75) is 75.6 Å². The molecule has 0 radical (unpaired) electrons. The predicted molar refractivity (Wildman–Crippen MR) is 125 cm³/mol. The first kappa shape index (κ1) is 24.0. The maximum absolute atomic E-state index is 12.3. The lowest BCUT2D eigenvalue weighted by Gasteiger charge is -2.23. The van der Waals surface area contributed by atoms with Gasteiger partial charge in [-0.15, -0.1) is 0 Å². The van der Waals surface area contributed by atoms with Gasteiger partial charge in [-0.1, -0.05) is 19.3 Å². The van der Waals surface area contributed by atoms with Crippen LogP contribution in [-0.2, 0) is 14.2 Å². The summed E-state index contributed by atoms with van der Waals surface area (Å²) < 4.78 is 18.8. The van der Waals surface area contributed by atoms with Crippen LogP contribution in [0.4, 0.5) is 10.6 Å². The topological polar surface area (TPSA) is 114 Å². The highest BCUT2D eigenvalue weighted by atomic mass is 16.7. The molecule has 0 bridgehead atoms. The summed E-state index contributed by atoms with van der Waals surface area (Å²) in [7, 11) is 3.77. The molecule has 2 atom stereocenters. The van der Waals surface area contributed by atoms with E-state index in [-0.39, 0.29) is 18.8 Å². The van der Waals surface area contributed by atoms with Crippen molar-refractivity contribution in [2.24, 2.45) is 4.99 Å². The van der Waals surface area contributed by atoms with E-state index in [1.165, 1.54) is 25.6 Å². The number of carbonyl (C=O) groups is 1. The average molecular weight is 469 g/mol. The Morgan fingerprint density at radius 2 is 2.06 bits per heavy atom. The van der Waals surface area contributed by atoms with Gasteiger partial charge in [-0.25, -0.2) is 19.3 Å². The fraction of sp³-hybridized carbons (Fsp3) is 0.625. The number of nitrogens with zero attached hydrogens (tertiary/aromatic N) is 6. The van der Waals surface area contributed by atoms with Gasteiger partial charge in [0, 0.05) is 14.1 Å². The minimum Gasteiger partial charge on any atom is -0.431 e. The zero-order valence-corrected chi connectivity index (χ0v) is 19.9. The minimum absolute atomic E-state index is 0.112. The molecule has 4 rings (SSSR count). The molecule has 10 heteroatoms. The molecule has 0 spiro atoms. The van der Waals surface area contributed by atoms with Gasteiger partial charge in [-0.2, -0.15) is 10.4 Å². The fourth-order valence-electron chi connectivity index (χ4n) is 4.52. The standard InChI is InChI=1S/C24H32N6O4/c1-29(2)17-27-22-20-11-10-19(30(20)28-16-26-22)21-12-13-24(14-25,34-21)15-32-23(31)33-18-8-6-4-3-5-7-9-18/h10-11,16-18,21H,3-9,12-13,15H2,1-2H3. The second kappa shape index (κ2) is 10.8. The molecule has 2 unspecified atom stereocenters. The molecule has 0 amide bonds. The number of aliphatic imine (C=N–C) groups is 1. The molecule has 1 saturated carbocycles. The summed E-state index contributed by atoms with van der Waals surface area (Å²) in [6.07, 6.45) is 10.4. The largest absolute Gasteiger partial charge is 0.508 e. The van der Waals surface area contributed by atoms with Crippen LogP contribution < -0.4 is 0 Å². The van der Waals surface area contributed by atoms with Crippen molar-refractivity contribution >= 4 is 23.8 Å². The third-order valence-electron chi connectivity index (χ3n) is 6.32. The normalized spacial score (nSPS) is 24.0. The summed E-state index contributed by atoms with van der Waals surface area (Å²) in [6, 6.07) is 6.00. The highest BCUT2D eigenvalue weighted by molar-refractivity contribution is 5.70. The van der Waals surface area contributed by atoms with Crippen LogP contribution in [0, 0.1) is 11.3 Å². The lowest BCUT2D eigenvalue weighted by molar-refractivity contribution is -0.0618. The fourth-order valence-corrected chi connectivity index (χ4v) is 4.52. The van der Waals surface area contributed by atoms with Crippen LogP contribution in [0.3, 0.4) is 0 Å².